The Morgan fingerprint density at radius 3 is 2.48 bits per heavy atom. The van der Waals surface area contributed by atoms with Gasteiger partial charge in [-0.05, 0) is 29.7 Å². The number of hydrogen-bond acceptors (Lipinski definition) is 2. The lowest BCUT2D eigenvalue weighted by Gasteiger charge is -2.07. The molecule has 2 atom stereocenters. The summed E-state index contributed by atoms with van der Waals surface area (Å²) in [5.41, 5.74) is 3.01. The van der Waals surface area contributed by atoms with Crippen LogP contribution in [0.5, 0.6) is 0 Å². The van der Waals surface area contributed by atoms with Gasteiger partial charge < -0.3 is 4.42 Å². The first-order chi connectivity index (χ1) is 13.3. The number of furan rings is 1. The van der Waals surface area contributed by atoms with Crippen molar-refractivity contribution in [1.29, 1.82) is 0 Å². The summed E-state index contributed by atoms with van der Waals surface area (Å²) in [5.74, 6) is 2.13. The van der Waals surface area contributed by atoms with E-state index in [4.69, 9.17) is 4.42 Å². The van der Waals surface area contributed by atoms with Crippen LogP contribution in [0.1, 0.15) is 12.2 Å². The van der Waals surface area contributed by atoms with Crippen LogP contribution in [0.15, 0.2) is 76.2 Å². The molecule has 0 radical (unpaired) electrons. The first-order valence-corrected chi connectivity index (χ1v) is 9.40. The molecule has 0 bridgehead atoms. The van der Waals surface area contributed by atoms with E-state index >= 15 is 0 Å². The Labute approximate surface area is 154 Å². The maximum Gasteiger partial charge on any atom is 0.263 e. The van der Waals surface area contributed by atoms with E-state index in [-0.39, 0.29) is 5.56 Å². The Bertz CT molecular complexity index is 1530. The van der Waals surface area contributed by atoms with Crippen molar-refractivity contribution in [3.05, 3.63) is 83.1 Å². The van der Waals surface area contributed by atoms with Gasteiger partial charge in [-0.3, -0.25) is 9.20 Å². The molecule has 2 aromatic carbocycles. The Morgan fingerprint density at radius 2 is 1.63 bits per heavy atom. The fourth-order valence-corrected chi connectivity index (χ4v) is 4.84. The van der Waals surface area contributed by atoms with Crippen molar-refractivity contribution in [3.63, 3.8) is 0 Å². The molecule has 0 saturated heterocycles. The highest BCUT2D eigenvalue weighted by molar-refractivity contribution is 6.21. The molecule has 3 aromatic heterocycles. The van der Waals surface area contributed by atoms with Gasteiger partial charge in [0.2, 0.25) is 0 Å². The van der Waals surface area contributed by atoms with Gasteiger partial charge in [0.25, 0.3) is 5.56 Å². The highest BCUT2D eigenvalue weighted by Gasteiger charge is 2.36. The summed E-state index contributed by atoms with van der Waals surface area (Å²) in [6.07, 6.45) is 9.76. The van der Waals surface area contributed by atoms with Gasteiger partial charge in [0, 0.05) is 27.1 Å². The quantitative estimate of drug-likeness (QED) is 0.381. The smallest absolute Gasteiger partial charge is 0.263 e. The first-order valence-electron chi connectivity index (χ1n) is 9.40. The molecule has 3 nitrogen and oxygen atoms in total. The number of pyridine rings is 1. The highest BCUT2D eigenvalue weighted by Crippen LogP contribution is 2.47. The summed E-state index contributed by atoms with van der Waals surface area (Å²) in [6.45, 7) is 0. The topological polar surface area (TPSA) is 34.6 Å². The van der Waals surface area contributed by atoms with Crippen LogP contribution in [0.4, 0.5) is 0 Å². The predicted molar refractivity (Wildman–Crippen MR) is 108 cm³/mol. The monoisotopic (exact) mass is 349 g/mol. The lowest BCUT2D eigenvalue weighted by molar-refractivity contribution is 0.557. The molecule has 2 aliphatic rings. The van der Waals surface area contributed by atoms with Gasteiger partial charge in [0.05, 0.1) is 5.52 Å². The molecule has 3 heteroatoms. The largest absolute Gasteiger partial charge is 0.461 e. The molecule has 3 heterocycles. The highest BCUT2D eigenvalue weighted by atomic mass is 16.3. The van der Waals surface area contributed by atoms with Gasteiger partial charge >= 0.3 is 0 Å². The van der Waals surface area contributed by atoms with Gasteiger partial charge in [-0.25, -0.2) is 0 Å². The molecule has 2 aliphatic carbocycles. The van der Waals surface area contributed by atoms with Crippen LogP contribution in [-0.4, -0.2) is 4.40 Å². The SMILES string of the molecule is O=c1c2ccccc2c2cccc3c4coc(C5=CC6CC6C=C5)c4n1c23. The third kappa shape index (κ3) is 1.61. The minimum absolute atomic E-state index is 0.0247. The van der Waals surface area contributed by atoms with E-state index in [0.717, 1.165) is 49.3 Å². The second-order valence-corrected chi connectivity index (χ2v) is 7.76. The zero-order valence-electron chi connectivity index (χ0n) is 14.5. The van der Waals surface area contributed by atoms with Gasteiger partial charge in [-0.1, -0.05) is 54.6 Å². The summed E-state index contributed by atoms with van der Waals surface area (Å²) >= 11 is 0. The molecule has 0 amide bonds. The maximum absolute atomic E-state index is 13.5. The van der Waals surface area contributed by atoms with Gasteiger partial charge in [0.1, 0.15) is 11.8 Å². The lowest BCUT2D eigenvalue weighted by atomic mass is 10.0. The fraction of sp³-hybridized carbons (Fsp3) is 0.125. The van der Waals surface area contributed by atoms with Crippen LogP contribution >= 0.6 is 0 Å². The molecule has 7 rings (SSSR count). The summed E-state index contributed by atoms with van der Waals surface area (Å²) in [5, 5.41) is 4.95. The average Bonchev–Trinajstić information content (AvgIpc) is 3.24. The van der Waals surface area contributed by atoms with E-state index in [2.05, 4.69) is 36.4 Å². The number of allylic oxidation sites excluding steroid dienone is 4. The zero-order valence-corrected chi connectivity index (χ0v) is 14.5. The van der Waals surface area contributed by atoms with E-state index < -0.39 is 0 Å². The number of para-hydroxylation sites is 1. The second-order valence-electron chi connectivity index (χ2n) is 7.76. The van der Waals surface area contributed by atoms with Crippen LogP contribution in [0, 0.1) is 11.8 Å². The van der Waals surface area contributed by atoms with E-state index in [1.165, 1.54) is 6.42 Å². The molecule has 0 aliphatic heterocycles. The Hall–Kier alpha value is -3.33. The normalized spacial score (nSPS) is 21.4. The fourth-order valence-electron chi connectivity index (χ4n) is 4.84. The minimum Gasteiger partial charge on any atom is -0.461 e. The van der Waals surface area contributed by atoms with Crippen molar-refractivity contribution in [2.24, 2.45) is 11.8 Å². The molecule has 27 heavy (non-hydrogen) atoms. The van der Waals surface area contributed by atoms with Gasteiger partial charge in [0.15, 0.2) is 5.76 Å². The second kappa shape index (κ2) is 4.49. The number of benzene rings is 2. The van der Waals surface area contributed by atoms with Crippen molar-refractivity contribution in [3.8, 4) is 0 Å². The minimum atomic E-state index is 0.0247. The van der Waals surface area contributed by atoms with Crippen molar-refractivity contribution in [1.82, 2.24) is 4.40 Å². The Morgan fingerprint density at radius 1 is 0.852 bits per heavy atom. The number of rotatable bonds is 1. The van der Waals surface area contributed by atoms with E-state index in [1.54, 1.807) is 0 Å². The van der Waals surface area contributed by atoms with Crippen LogP contribution in [0.25, 0.3) is 43.5 Å². The van der Waals surface area contributed by atoms with Crippen molar-refractivity contribution in [2.75, 3.05) is 0 Å². The Balaban J connectivity index is 1.73. The standard InChI is InChI=1S/C24H15NO2/c26-24-19-5-2-1-4-16(19)17-6-3-7-18-20-12-27-23(22(20)25(24)21(17)18)14-9-8-13-10-15(13)11-14/h1-9,11-13,15H,10H2. The Kier molecular flexibility index (Phi) is 2.30. The van der Waals surface area contributed by atoms with Crippen LogP contribution in [0.3, 0.4) is 0 Å². The van der Waals surface area contributed by atoms with Crippen molar-refractivity contribution >= 4 is 43.5 Å². The van der Waals surface area contributed by atoms with Crippen molar-refractivity contribution in [2.45, 2.75) is 6.42 Å². The average molecular weight is 349 g/mol. The van der Waals surface area contributed by atoms with Crippen molar-refractivity contribution < 1.29 is 4.42 Å². The molecular formula is C24H15NO2. The number of fused-ring (bicyclic) bond motifs is 6. The molecule has 128 valence electrons. The third-order valence-electron chi connectivity index (χ3n) is 6.26. The molecule has 0 N–H and O–H groups in total. The zero-order chi connectivity index (χ0) is 17.7. The third-order valence-corrected chi connectivity index (χ3v) is 6.26. The predicted octanol–water partition coefficient (Wildman–Crippen LogP) is 5.38. The molecule has 5 aromatic rings. The number of hydrogen-bond donors (Lipinski definition) is 0. The lowest BCUT2D eigenvalue weighted by Crippen LogP contribution is -2.13. The summed E-state index contributed by atoms with van der Waals surface area (Å²) in [4.78, 5) is 13.5. The van der Waals surface area contributed by atoms with E-state index in [1.807, 2.05) is 34.9 Å². The van der Waals surface area contributed by atoms with Crippen LogP contribution < -0.4 is 5.56 Å². The molecule has 1 saturated carbocycles. The summed E-state index contributed by atoms with van der Waals surface area (Å²) < 4.78 is 7.89. The number of aromatic nitrogens is 1. The number of nitrogens with zero attached hydrogens (tertiary/aromatic N) is 1. The maximum atomic E-state index is 13.5. The molecule has 1 fully saturated rings. The first kappa shape index (κ1) is 13.8. The van der Waals surface area contributed by atoms with Gasteiger partial charge in [-0.15, -0.1) is 0 Å². The van der Waals surface area contributed by atoms with Crippen LogP contribution in [-0.2, 0) is 0 Å². The molecule has 2 unspecified atom stereocenters. The van der Waals surface area contributed by atoms with Crippen LogP contribution in [0.2, 0.25) is 0 Å². The summed E-state index contributed by atoms with van der Waals surface area (Å²) in [7, 11) is 0. The van der Waals surface area contributed by atoms with E-state index in [0.29, 0.717) is 11.8 Å². The summed E-state index contributed by atoms with van der Waals surface area (Å²) in [6, 6.07) is 14.1. The molecule has 0 spiro atoms. The van der Waals surface area contributed by atoms with Gasteiger partial charge in [-0.2, -0.15) is 0 Å². The molecular weight excluding hydrogens is 334 g/mol. The van der Waals surface area contributed by atoms with E-state index in [9.17, 15) is 4.79 Å².